The summed E-state index contributed by atoms with van der Waals surface area (Å²) in [5.41, 5.74) is 12.1. The third kappa shape index (κ3) is 3.38. The number of aliphatic imine (C=N–C) groups is 1. The lowest BCUT2D eigenvalue weighted by Gasteiger charge is -2.27. The van der Waals surface area contributed by atoms with Crippen LogP contribution in [0.2, 0.25) is 0 Å². The Kier molecular flexibility index (Phi) is 4.63. The van der Waals surface area contributed by atoms with Crippen LogP contribution >= 0.6 is 0 Å². The van der Waals surface area contributed by atoms with Gasteiger partial charge in [0.15, 0.2) is 5.96 Å². The maximum absolute atomic E-state index is 5.47. The van der Waals surface area contributed by atoms with Crippen molar-refractivity contribution in [2.45, 2.75) is 18.9 Å². The number of guanidine groups is 1. The van der Waals surface area contributed by atoms with E-state index in [1.54, 1.807) is 7.11 Å². The van der Waals surface area contributed by atoms with Crippen molar-refractivity contribution in [1.29, 1.82) is 0 Å². The topological polar surface area (TPSA) is 76.9 Å². The van der Waals surface area contributed by atoms with Gasteiger partial charge >= 0.3 is 0 Å². The smallest absolute Gasteiger partial charge is 0.185 e. The lowest BCUT2D eigenvalue weighted by molar-refractivity contribution is 0.245. The monoisotopic (exact) mass is 262 g/mol. The van der Waals surface area contributed by atoms with Crippen molar-refractivity contribution < 1.29 is 4.74 Å². The normalized spacial score (nSPS) is 17.1. The van der Waals surface area contributed by atoms with Crippen molar-refractivity contribution in [1.82, 2.24) is 4.90 Å². The Balaban J connectivity index is 2.27. The van der Waals surface area contributed by atoms with Crippen LogP contribution in [0.1, 0.15) is 24.4 Å². The second kappa shape index (κ2) is 6.43. The van der Waals surface area contributed by atoms with E-state index in [9.17, 15) is 0 Å². The number of rotatable bonds is 5. The minimum Gasteiger partial charge on any atom is -0.496 e. The van der Waals surface area contributed by atoms with Crippen molar-refractivity contribution in [3.05, 3.63) is 29.8 Å². The average Bonchev–Trinajstić information content (AvgIpc) is 2.93. The third-order valence-corrected chi connectivity index (χ3v) is 3.53. The summed E-state index contributed by atoms with van der Waals surface area (Å²) in [5.74, 6) is 1.03. The number of nitrogens with zero attached hydrogens (tertiary/aromatic N) is 2. The van der Waals surface area contributed by atoms with Crippen molar-refractivity contribution in [2.24, 2.45) is 16.5 Å². The van der Waals surface area contributed by atoms with Crippen LogP contribution in [-0.2, 0) is 0 Å². The van der Waals surface area contributed by atoms with Crippen molar-refractivity contribution >= 4 is 5.96 Å². The van der Waals surface area contributed by atoms with E-state index in [4.69, 9.17) is 16.2 Å². The number of likely N-dealkylation sites (tertiary alicyclic amines) is 1. The molecule has 1 saturated heterocycles. The molecule has 1 aliphatic heterocycles. The molecular formula is C14H22N4O. The maximum atomic E-state index is 5.47. The largest absolute Gasteiger partial charge is 0.496 e. The standard InChI is InChI=1S/C14H22N4O/c1-19-13-7-3-2-6-11(13)12(10-17-14(15)16)18-8-4-5-9-18/h2-3,6-7,12H,4-5,8-10H2,1H3,(H4,15,16,17). The van der Waals surface area contributed by atoms with Gasteiger partial charge in [0, 0.05) is 5.56 Å². The summed E-state index contributed by atoms with van der Waals surface area (Å²) < 4.78 is 5.46. The van der Waals surface area contributed by atoms with E-state index < -0.39 is 0 Å². The molecule has 0 spiro atoms. The van der Waals surface area contributed by atoms with Crippen LogP contribution in [0, 0.1) is 0 Å². The van der Waals surface area contributed by atoms with E-state index in [0.29, 0.717) is 6.54 Å². The van der Waals surface area contributed by atoms with Gasteiger partial charge in [-0.05, 0) is 32.0 Å². The van der Waals surface area contributed by atoms with Crippen molar-refractivity contribution in [3.63, 3.8) is 0 Å². The van der Waals surface area contributed by atoms with Crippen LogP contribution in [0.15, 0.2) is 29.3 Å². The number of hydrogen-bond donors (Lipinski definition) is 2. The minimum atomic E-state index is 0.138. The Hall–Kier alpha value is -1.75. The van der Waals surface area contributed by atoms with Crippen LogP contribution in [-0.4, -0.2) is 37.6 Å². The van der Waals surface area contributed by atoms with Gasteiger partial charge in [0.1, 0.15) is 5.75 Å². The highest BCUT2D eigenvalue weighted by molar-refractivity contribution is 5.75. The van der Waals surface area contributed by atoms with Gasteiger partial charge in [0.05, 0.1) is 19.7 Å². The van der Waals surface area contributed by atoms with Crippen molar-refractivity contribution in [2.75, 3.05) is 26.7 Å². The van der Waals surface area contributed by atoms with Crippen LogP contribution in [0.4, 0.5) is 0 Å². The Bertz CT molecular complexity index is 437. The predicted octanol–water partition coefficient (Wildman–Crippen LogP) is 1.11. The van der Waals surface area contributed by atoms with Gasteiger partial charge in [-0.3, -0.25) is 9.89 Å². The summed E-state index contributed by atoms with van der Waals surface area (Å²) in [6.45, 7) is 2.74. The molecule has 0 radical (unpaired) electrons. The quantitative estimate of drug-likeness (QED) is 0.615. The summed E-state index contributed by atoms with van der Waals surface area (Å²) in [4.78, 5) is 6.62. The molecule has 0 aliphatic carbocycles. The van der Waals surface area contributed by atoms with E-state index in [0.717, 1.165) is 24.4 Å². The van der Waals surface area contributed by atoms with Gasteiger partial charge in [0.25, 0.3) is 0 Å². The lowest BCUT2D eigenvalue weighted by Crippen LogP contribution is -2.30. The molecule has 0 aromatic heterocycles. The zero-order valence-electron chi connectivity index (χ0n) is 11.4. The lowest BCUT2D eigenvalue weighted by atomic mass is 10.0. The summed E-state index contributed by atoms with van der Waals surface area (Å²) in [7, 11) is 1.69. The average molecular weight is 262 g/mol. The zero-order chi connectivity index (χ0) is 13.7. The fraction of sp³-hybridized carbons (Fsp3) is 0.500. The fourth-order valence-electron chi connectivity index (χ4n) is 2.60. The maximum Gasteiger partial charge on any atom is 0.185 e. The molecule has 1 fully saturated rings. The van der Waals surface area contributed by atoms with Crippen molar-refractivity contribution in [3.8, 4) is 5.75 Å². The molecule has 19 heavy (non-hydrogen) atoms. The van der Waals surface area contributed by atoms with Gasteiger partial charge in [0.2, 0.25) is 0 Å². The Labute approximate surface area is 114 Å². The molecule has 1 atom stereocenters. The second-order valence-corrected chi connectivity index (χ2v) is 4.77. The molecule has 0 amide bonds. The van der Waals surface area contributed by atoms with E-state index >= 15 is 0 Å². The molecule has 1 aromatic carbocycles. The van der Waals surface area contributed by atoms with Gasteiger partial charge in [-0.1, -0.05) is 18.2 Å². The molecule has 104 valence electrons. The summed E-state index contributed by atoms with van der Waals surface area (Å²) in [6, 6.07) is 8.25. The zero-order valence-corrected chi connectivity index (χ0v) is 11.4. The highest BCUT2D eigenvalue weighted by atomic mass is 16.5. The molecule has 5 heteroatoms. The van der Waals surface area contributed by atoms with Crippen LogP contribution in [0.3, 0.4) is 0 Å². The van der Waals surface area contributed by atoms with Crippen LogP contribution in [0.25, 0.3) is 0 Å². The number of para-hydroxylation sites is 1. The number of hydrogen-bond acceptors (Lipinski definition) is 3. The molecule has 0 saturated carbocycles. The molecule has 1 aromatic rings. The van der Waals surface area contributed by atoms with Crippen LogP contribution < -0.4 is 16.2 Å². The Morgan fingerprint density at radius 3 is 2.63 bits per heavy atom. The SMILES string of the molecule is COc1ccccc1C(CN=C(N)N)N1CCCC1. The predicted molar refractivity (Wildman–Crippen MR) is 77.2 cm³/mol. The first kappa shape index (κ1) is 13.7. The first-order chi connectivity index (χ1) is 9.22. The molecule has 2 rings (SSSR count). The van der Waals surface area contributed by atoms with E-state index in [1.807, 2.05) is 18.2 Å². The number of benzene rings is 1. The summed E-state index contributed by atoms with van der Waals surface area (Å²) >= 11 is 0. The Morgan fingerprint density at radius 2 is 2.00 bits per heavy atom. The third-order valence-electron chi connectivity index (χ3n) is 3.53. The van der Waals surface area contributed by atoms with Gasteiger partial charge in [-0.15, -0.1) is 0 Å². The van der Waals surface area contributed by atoms with E-state index in [2.05, 4.69) is 16.0 Å². The molecule has 1 aliphatic rings. The fourth-order valence-corrected chi connectivity index (χ4v) is 2.60. The highest BCUT2D eigenvalue weighted by Gasteiger charge is 2.25. The number of ether oxygens (including phenoxy) is 1. The second-order valence-electron chi connectivity index (χ2n) is 4.77. The molecule has 0 bridgehead atoms. The Morgan fingerprint density at radius 1 is 1.32 bits per heavy atom. The first-order valence-electron chi connectivity index (χ1n) is 6.64. The van der Waals surface area contributed by atoms with Gasteiger partial charge in [-0.2, -0.15) is 0 Å². The number of methoxy groups -OCH3 is 1. The minimum absolute atomic E-state index is 0.138. The van der Waals surface area contributed by atoms with Crippen LogP contribution in [0.5, 0.6) is 5.75 Å². The molecule has 4 N–H and O–H groups in total. The van der Waals surface area contributed by atoms with Gasteiger partial charge < -0.3 is 16.2 Å². The van der Waals surface area contributed by atoms with E-state index in [-0.39, 0.29) is 12.0 Å². The molecular weight excluding hydrogens is 240 g/mol. The molecule has 1 heterocycles. The molecule has 5 nitrogen and oxygen atoms in total. The summed E-state index contributed by atoms with van der Waals surface area (Å²) in [5, 5.41) is 0. The van der Waals surface area contributed by atoms with Gasteiger partial charge in [-0.25, -0.2) is 0 Å². The summed E-state index contributed by atoms with van der Waals surface area (Å²) in [6.07, 6.45) is 2.46. The number of nitrogens with two attached hydrogens (primary N) is 2. The first-order valence-corrected chi connectivity index (χ1v) is 6.64. The highest BCUT2D eigenvalue weighted by Crippen LogP contribution is 2.31. The van der Waals surface area contributed by atoms with E-state index in [1.165, 1.54) is 12.8 Å². The molecule has 1 unspecified atom stereocenters.